The molecule has 0 saturated carbocycles. The van der Waals surface area contributed by atoms with Gasteiger partial charge in [-0.2, -0.15) is 0 Å². The highest BCUT2D eigenvalue weighted by Gasteiger charge is 2.24. The summed E-state index contributed by atoms with van der Waals surface area (Å²) in [6, 6.07) is 0. The maximum Gasteiger partial charge on any atom is 0.333 e. The van der Waals surface area contributed by atoms with Gasteiger partial charge in [0.05, 0.1) is 17.7 Å². The third-order valence-corrected chi connectivity index (χ3v) is 2.96. The Morgan fingerprint density at radius 3 is 1.81 bits per heavy atom. The van der Waals surface area contributed by atoms with Crippen LogP contribution in [-0.2, 0) is 33.4 Å². The van der Waals surface area contributed by atoms with Gasteiger partial charge in [-0.15, -0.1) is 0 Å². The third kappa shape index (κ3) is 44.7. The molecular weight excluding hydrogens is 519 g/mol. The molecular formula is C24H36Cl2O10. The van der Waals surface area contributed by atoms with Crippen LogP contribution in [0.3, 0.4) is 0 Å². The smallest absolute Gasteiger partial charge is 0.333 e. The zero-order valence-electron chi connectivity index (χ0n) is 20.7. The van der Waals surface area contributed by atoms with Crippen molar-refractivity contribution in [2.24, 2.45) is 0 Å². The molecule has 36 heavy (non-hydrogen) atoms. The molecule has 0 amide bonds. The lowest BCUT2D eigenvalue weighted by atomic mass is 10.1. The average molecular weight is 555 g/mol. The van der Waals surface area contributed by atoms with Crippen LogP contribution < -0.4 is 0 Å². The standard InChI is InChI=1S/C7H10O3.C7H12O2.C5H8O3.C3H4O2.C2H2Cl2/c1-5(2)7(8)10-4-6-3-9-6;1-3-4-5-6(2)7(8)9;1-2-5(7)8-4-3-6;1-2-3(4)5;1-2(3)4/h6H,1,3-4H2,2H3;2-5H2,1H3,(H,8,9);2,6H,1,3-4H2;2H,1H2,(H,4,5);1H2. The number of epoxide rings is 1. The van der Waals surface area contributed by atoms with E-state index in [0.717, 1.165) is 25.0 Å². The van der Waals surface area contributed by atoms with E-state index in [4.69, 9.17) is 48.0 Å². The molecule has 1 aliphatic heterocycles. The zero-order chi connectivity index (χ0) is 29.1. The van der Waals surface area contributed by atoms with Crippen LogP contribution in [0.25, 0.3) is 0 Å². The topological polar surface area (TPSA) is 160 Å². The predicted molar refractivity (Wildman–Crippen MR) is 139 cm³/mol. The number of carboxylic acids is 2. The summed E-state index contributed by atoms with van der Waals surface area (Å²) in [5.41, 5.74) is 0.748. The van der Waals surface area contributed by atoms with Crippen molar-refractivity contribution >= 4 is 47.1 Å². The fraction of sp³-hybridized carbons (Fsp3) is 0.417. The van der Waals surface area contributed by atoms with Crippen molar-refractivity contribution in [3.63, 3.8) is 0 Å². The first-order valence-corrected chi connectivity index (χ1v) is 11.1. The van der Waals surface area contributed by atoms with Crippen molar-refractivity contribution in [3.8, 4) is 0 Å². The first-order chi connectivity index (χ1) is 16.7. The lowest BCUT2D eigenvalue weighted by molar-refractivity contribution is -0.140. The van der Waals surface area contributed by atoms with Gasteiger partial charge < -0.3 is 29.5 Å². The van der Waals surface area contributed by atoms with Gasteiger partial charge in [0.25, 0.3) is 0 Å². The Hall–Kier alpha value is -2.92. The van der Waals surface area contributed by atoms with Crippen LogP contribution in [0, 0.1) is 0 Å². The van der Waals surface area contributed by atoms with Gasteiger partial charge in [-0.3, -0.25) is 0 Å². The van der Waals surface area contributed by atoms with Crippen molar-refractivity contribution in [1.82, 2.24) is 0 Å². The molecule has 0 aliphatic carbocycles. The number of aliphatic hydroxyl groups excluding tert-OH is 1. The normalized spacial score (nSPS) is 11.8. The molecule has 0 aromatic carbocycles. The molecule has 1 rings (SSSR count). The minimum atomic E-state index is -0.981. The van der Waals surface area contributed by atoms with Gasteiger partial charge in [0, 0.05) is 23.3 Å². The summed E-state index contributed by atoms with van der Waals surface area (Å²) < 4.78 is 14.0. The monoisotopic (exact) mass is 554 g/mol. The highest BCUT2D eigenvalue weighted by Crippen LogP contribution is 2.09. The number of aliphatic hydroxyl groups is 1. The second-order valence-corrected chi connectivity index (χ2v) is 7.43. The molecule has 1 unspecified atom stereocenters. The number of halogens is 2. The molecule has 0 bridgehead atoms. The number of hydrogen-bond acceptors (Lipinski definition) is 8. The van der Waals surface area contributed by atoms with Crippen LogP contribution in [0.15, 0.2) is 60.7 Å². The van der Waals surface area contributed by atoms with Gasteiger partial charge >= 0.3 is 23.9 Å². The number of esters is 2. The molecule has 0 aromatic rings. The van der Waals surface area contributed by atoms with E-state index in [1.807, 2.05) is 6.92 Å². The molecule has 10 nitrogen and oxygen atoms in total. The second kappa shape index (κ2) is 28.3. The van der Waals surface area contributed by atoms with E-state index in [1.165, 1.54) is 0 Å². The minimum Gasteiger partial charge on any atom is -0.478 e. The molecule has 1 saturated heterocycles. The molecule has 0 spiro atoms. The van der Waals surface area contributed by atoms with Gasteiger partial charge in [-0.25, -0.2) is 19.2 Å². The van der Waals surface area contributed by atoms with Crippen LogP contribution >= 0.6 is 23.2 Å². The summed E-state index contributed by atoms with van der Waals surface area (Å²) in [6.45, 7) is 20.7. The zero-order valence-corrected chi connectivity index (χ0v) is 22.2. The Balaban J connectivity index is -0.000000185. The molecule has 1 aliphatic rings. The number of carbonyl (C=O) groups is 4. The molecule has 1 atom stereocenters. The van der Waals surface area contributed by atoms with E-state index in [1.54, 1.807) is 6.92 Å². The molecule has 1 fully saturated rings. The van der Waals surface area contributed by atoms with Crippen molar-refractivity contribution < 1.29 is 48.7 Å². The van der Waals surface area contributed by atoms with Gasteiger partial charge in [-0.05, 0) is 19.8 Å². The van der Waals surface area contributed by atoms with E-state index >= 15 is 0 Å². The fourth-order valence-corrected chi connectivity index (χ4v) is 1.16. The largest absolute Gasteiger partial charge is 0.478 e. The number of carboxylic acid groups (broad SMARTS) is 2. The number of aliphatic carboxylic acids is 2. The van der Waals surface area contributed by atoms with Crippen molar-refractivity contribution in [2.45, 2.75) is 39.2 Å². The number of ether oxygens (including phenoxy) is 3. The molecule has 1 heterocycles. The summed E-state index contributed by atoms with van der Waals surface area (Å²) in [7, 11) is 0. The van der Waals surface area contributed by atoms with Crippen LogP contribution in [0.2, 0.25) is 0 Å². The van der Waals surface area contributed by atoms with Crippen molar-refractivity contribution in [2.75, 3.05) is 26.4 Å². The maximum absolute atomic E-state index is 10.7. The predicted octanol–water partition coefficient (Wildman–Crippen LogP) is 4.22. The summed E-state index contributed by atoms with van der Waals surface area (Å²) in [5, 5.41) is 24.0. The maximum atomic E-state index is 10.7. The number of unbranched alkanes of at least 4 members (excludes halogenated alkanes) is 1. The van der Waals surface area contributed by atoms with Gasteiger partial charge in [0.15, 0.2) is 0 Å². The van der Waals surface area contributed by atoms with E-state index in [0.29, 0.717) is 30.8 Å². The van der Waals surface area contributed by atoms with Crippen molar-refractivity contribution in [1.29, 1.82) is 0 Å². The minimum absolute atomic E-state index is 0.0465. The quantitative estimate of drug-likeness (QED) is 0.191. The second-order valence-electron chi connectivity index (χ2n) is 6.32. The summed E-state index contributed by atoms with van der Waals surface area (Å²) >= 11 is 9.69. The summed E-state index contributed by atoms with van der Waals surface area (Å²) in [4.78, 5) is 40.2. The molecule has 12 heteroatoms. The van der Waals surface area contributed by atoms with Crippen molar-refractivity contribution in [3.05, 3.63) is 60.7 Å². The Bertz CT molecular complexity index is 724. The van der Waals surface area contributed by atoms with E-state index < -0.39 is 17.9 Å². The Kier molecular flexibility index (Phi) is 31.7. The van der Waals surface area contributed by atoms with Gasteiger partial charge in [0.1, 0.15) is 19.3 Å². The first kappa shape index (κ1) is 40.3. The lowest BCUT2D eigenvalue weighted by Crippen LogP contribution is -2.09. The third-order valence-electron chi connectivity index (χ3n) is 2.96. The van der Waals surface area contributed by atoms with E-state index in [9.17, 15) is 19.2 Å². The Morgan fingerprint density at radius 2 is 1.53 bits per heavy atom. The fourth-order valence-electron chi connectivity index (χ4n) is 1.16. The average Bonchev–Trinajstić information content (AvgIpc) is 3.64. The van der Waals surface area contributed by atoms with Crippen LogP contribution in [0.4, 0.5) is 0 Å². The molecule has 3 N–H and O–H groups in total. The van der Waals surface area contributed by atoms with E-state index in [-0.39, 0.29) is 29.8 Å². The SMILES string of the molecule is C=C(C)C(=O)OCC1CO1.C=C(CCCC)C(=O)O.C=C(Cl)Cl.C=CC(=O)O.C=CC(=O)OCCO. The highest BCUT2D eigenvalue weighted by molar-refractivity contribution is 6.55. The van der Waals surface area contributed by atoms with E-state index in [2.05, 4.69) is 37.6 Å². The highest BCUT2D eigenvalue weighted by atomic mass is 35.5. The van der Waals surface area contributed by atoms with Crippen LogP contribution in [0.1, 0.15) is 33.1 Å². The summed E-state index contributed by atoms with van der Waals surface area (Å²) in [6.07, 6.45) is 4.59. The van der Waals surface area contributed by atoms with Crippen LogP contribution in [0.5, 0.6) is 0 Å². The molecule has 0 radical (unpaired) electrons. The number of hydrogen-bond donors (Lipinski definition) is 3. The van der Waals surface area contributed by atoms with Gasteiger partial charge in [0.2, 0.25) is 0 Å². The van der Waals surface area contributed by atoms with Crippen LogP contribution in [-0.4, -0.2) is 71.7 Å². The molecule has 206 valence electrons. The molecule has 0 aromatic heterocycles. The summed E-state index contributed by atoms with van der Waals surface area (Å²) in [5.74, 6) is -2.69. The van der Waals surface area contributed by atoms with Gasteiger partial charge in [-0.1, -0.05) is 69.4 Å². The Morgan fingerprint density at radius 1 is 1.06 bits per heavy atom. The first-order valence-electron chi connectivity index (χ1n) is 10.3. The lowest BCUT2D eigenvalue weighted by Gasteiger charge is -1.99. The number of rotatable bonds is 11. The number of carbonyl (C=O) groups excluding carboxylic acids is 2. The Labute approximate surface area is 222 Å².